The van der Waals surface area contributed by atoms with E-state index >= 15 is 0 Å². The summed E-state index contributed by atoms with van der Waals surface area (Å²) in [6, 6.07) is 2.34. The van der Waals surface area contributed by atoms with Gasteiger partial charge in [0.25, 0.3) is 0 Å². The lowest BCUT2D eigenvalue weighted by atomic mass is 10.3. The lowest BCUT2D eigenvalue weighted by Gasteiger charge is -2.13. The highest BCUT2D eigenvalue weighted by atomic mass is 16.5. The van der Waals surface area contributed by atoms with E-state index in [4.69, 9.17) is 9.47 Å². The van der Waals surface area contributed by atoms with Crippen molar-refractivity contribution in [3.05, 3.63) is 18.5 Å². The summed E-state index contributed by atoms with van der Waals surface area (Å²) < 4.78 is 12.3. The van der Waals surface area contributed by atoms with Crippen LogP contribution >= 0.6 is 0 Å². The molecule has 1 heterocycles. The monoisotopic (exact) mass is 241 g/mol. The summed E-state index contributed by atoms with van der Waals surface area (Å²) >= 11 is 0. The molecule has 0 spiro atoms. The minimum absolute atomic E-state index is 0.400. The molecule has 0 aliphatic rings. The molecule has 5 nitrogen and oxygen atoms in total. The topological polar surface area (TPSA) is 48.3 Å². The molecule has 1 aromatic rings. The van der Waals surface area contributed by atoms with Gasteiger partial charge in [-0.1, -0.05) is 0 Å². The van der Waals surface area contributed by atoms with Crippen molar-refractivity contribution in [2.24, 2.45) is 0 Å². The summed E-state index contributed by atoms with van der Waals surface area (Å²) in [4.78, 5) is 0. The van der Waals surface area contributed by atoms with Crippen LogP contribution in [-0.2, 0) is 16.0 Å². The van der Waals surface area contributed by atoms with Crippen molar-refractivity contribution in [2.75, 3.05) is 33.5 Å². The number of hydrogen-bond acceptors (Lipinski definition) is 4. The standard InChI is InChI=1S/C12H23N3O2/c1-12(11-15-7-3-5-14-15)13-6-10-17-9-4-8-16-2/h3,5,7,12-13H,4,6,8-11H2,1-2H3. The fraction of sp³-hybridized carbons (Fsp3) is 0.750. The highest BCUT2D eigenvalue weighted by Gasteiger charge is 2.01. The molecule has 0 bridgehead atoms. The third kappa shape index (κ3) is 7.10. The van der Waals surface area contributed by atoms with E-state index in [1.54, 1.807) is 13.3 Å². The molecule has 0 fully saturated rings. The van der Waals surface area contributed by atoms with Crippen LogP contribution in [0.2, 0.25) is 0 Å². The van der Waals surface area contributed by atoms with E-state index in [1.807, 2.05) is 16.9 Å². The van der Waals surface area contributed by atoms with Crippen molar-refractivity contribution >= 4 is 0 Å². The Morgan fingerprint density at radius 1 is 1.35 bits per heavy atom. The van der Waals surface area contributed by atoms with Crippen molar-refractivity contribution in [3.63, 3.8) is 0 Å². The summed E-state index contributed by atoms with van der Waals surface area (Å²) in [5.41, 5.74) is 0. The molecule has 0 aliphatic heterocycles. The normalized spacial score (nSPS) is 12.8. The summed E-state index contributed by atoms with van der Waals surface area (Å²) in [7, 11) is 1.71. The SMILES string of the molecule is COCCCOCCNC(C)Cn1cccn1. The first-order valence-corrected chi connectivity index (χ1v) is 6.10. The average molecular weight is 241 g/mol. The summed E-state index contributed by atoms with van der Waals surface area (Å²) in [5, 5.41) is 7.56. The zero-order valence-electron chi connectivity index (χ0n) is 10.8. The average Bonchev–Trinajstić information content (AvgIpc) is 2.80. The van der Waals surface area contributed by atoms with Crippen LogP contribution in [0.3, 0.4) is 0 Å². The van der Waals surface area contributed by atoms with Gasteiger partial charge >= 0.3 is 0 Å². The molecule has 0 saturated carbocycles. The molecule has 0 aromatic carbocycles. The molecule has 1 aromatic heterocycles. The van der Waals surface area contributed by atoms with Gasteiger partial charge in [-0.2, -0.15) is 5.10 Å². The number of methoxy groups -OCH3 is 1. The quantitative estimate of drug-likeness (QED) is 0.619. The summed E-state index contributed by atoms with van der Waals surface area (Å²) in [5.74, 6) is 0. The zero-order chi connectivity index (χ0) is 12.3. The molecule has 0 amide bonds. The second-order valence-corrected chi connectivity index (χ2v) is 4.04. The van der Waals surface area contributed by atoms with Crippen LogP contribution in [0.4, 0.5) is 0 Å². The molecular weight excluding hydrogens is 218 g/mol. The van der Waals surface area contributed by atoms with Gasteiger partial charge in [-0.3, -0.25) is 4.68 Å². The van der Waals surface area contributed by atoms with E-state index in [1.165, 1.54) is 0 Å². The maximum atomic E-state index is 5.46. The molecular formula is C12H23N3O2. The highest BCUT2D eigenvalue weighted by molar-refractivity contribution is 4.78. The second-order valence-electron chi connectivity index (χ2n) is 4.04. The smallest absolute Gasteiger partial charge is 0.0591 e. The predicted octanol–water partition coefficient (Wildman–Crippen LogP) is 0.914. The minimum Gasteiger partial charge on any atom is -0.385 e. The Morgan fingerprint density at radius 3 is 2.94 bits per heavy atom. The first-order valence-electron chi connectivity index (χ1n) is 6.10. The van der Waals surface area contributed by atoms with Gasteiger partial charge in [0.1, 0.15) is 0 Å². The van der Waals surface area contributed by atoms with Crippen molar-refractivity contribution < 1.29 is 9.47 Å². The van der Waals surface area contributed by atoms with Crippen LogP contribution < -0.4 is 5.32 Å². The number of ether oxygens (including phenoxy) is 2. The van der Waals surface area contributed by atoms with Crippen molar-refractivity contribution in [2.45, 2.75) is 25.9 Å². The minimum atomic E-state index is 0.400. The number of hydrogen-bond donors (Lipinski definition) is 1. The van der Waals surface area contributed by atoms with Crippen LogP contribution in [-0.4, -0.2) is 49.3 Å². The molecule has 0 radical (unpaired) electrons. The predicted molar refractivity (Wildman–Crippen MR) is 67.0 cm³/mol. The Bertz CT molecular complexity index is 265. The highest BCUT2D eigenvalue weighted by Crippen LogP contribution is 1.90. The van der Waals surface area contributed by atoms with Crippen molar-refractivity contribution in [1.29, 1.82) is 0 Å². The maximum absolute atomic E-state index is 5.46. The van der Waals surface area contributed by atoms with E-state index < -0.39 is 0 Å². The van der Waals surface area contributed by atoms with Crippen LogP contribution in [0.1, 0.15) is 13.3 Å². The first-order chi connectivity index (χ1) is 8.33. The largest absolute Gasteiger partial charge is 0.385 e. The number of rotatable bonds is 10. The Kier molecular flexibility index (Phi) is 7.62. The van der Waals surface area contributed by atoms with Crippen LogP contribution in [0.15, 0.2) is 18.5 Å². The van der Waals surface area contributed by atoms with Crippen molar-refractivity contribution in [1.82, 2.24) is 15.1 Å². The van der Waals surface area contributed by atoms with Gasteiger partial charge in [-0.25, -0.2) is 0 Å². The zero-order valence-corrected chi connectivity index (χ0v) is 10.8. The second kappa shape index (κ2) is 9.15. The molecule has 98 valence electrons. The number of aromatic nitrogens is 2. The molecule has 17 heavy (non-hydrogen) atoms. The van der Waals surface area contributed by atoms with E-state index in [-0.39, 0.29) is 0 Å². The molecule has 0 saturated heterocycles. The van der Waals surface area contributed by atoms with Gasteiger partial charge in [0, 0.05) is 45.3 Å². The number of nitrogens with one attached hydrogen (secondary N) is 1. The first kappa shape index (κ1) is 14.2. The molecule has 1 unspecified atom stereocenters. The fourth-order valence-corrected chi connectivity index (χ4v) is 1.54. The fourth-order valence-electron chi connectivity index (χ4n) is 1.54. The van der Waals surface area contributed by atoms with Gasteiger partial charge < -0.3 is 14.8 Å². The third-order valence-corrected chi connectivity index (χ3v) is 2.40. The van der Waals surface area contributed by atoms with E-state index in [9.17, 15) is 0 Å². The van der Waals surface area contributed by atoms with Gasteiger partial charge in [0.15, 0.2) is 0 Å². The third-order valence-electron chi connectivity index (χ3n) is 2.40. The lowest BCUT2D eigenvalue weighted by Crippen LogP contribution is -2.33. The number of nitrogens with zero attached hydrogens (tertiary/aromatic N) is 2. The molecule has 1 rings (SSSR count). The Hall–Kier alpha value is -0.910. The Balaban J connectivity index is 1.92. The maximum Gasteiger partial charge on any atom is 0.0591 e. The van der Waals surface area contributed by atoms with Crippen molar-refractivity contribution in [3.8, 4) is 0 Å². The Labute approximate surface area is 103 Å². The van der Waals surface area contributed by atoms with Gasteiger partial charge in [-0.15, -0.1) is 0 Å². The van der Waals surface area contributed by atoms with Crippen LogP contribution in [0, 0.1) is 0 Å². The van der Waals surface area contributed by atoms with E-state index in [0.717, 1.165) is 39.3 Å². The van der Waals surface area contributed by atoms with Crippen LogP contribution in [0.5, 0.6) is 0 Å². The molecule has 1 N–H and O–H groups in total. The lowest BCUT2D eigenvalue weighted by molar-refractivity contribution is 0.103. The van der Waals surface area contributed by atoms with E-state index in [2.05, 4.69) is 17.3 Å². The van der Waals surface area contributed by atoms with E-state index in [0.29, 0.717) is 6.04 Å². The van der Waals surface area contributed by atoms with Gasteiger partial charge in [-0.05, 0) is 19.4 Å². The van der Waals surface area contributed by atoms with Crippen LogP contribution in [0.25, 0.3) is 0 Å². The molecule has 0 aliphatic carbocycles. The summed E-state index contributed by atoms with van der Waals surface area (Å²) in [6.45, 7) is 6.18. The molecule has 5 heteroatoms. The Morgan fingerprint density at radius 2 is 2.24 bits per heavy atom. The summed E-state index contributed by atoms with van der Waals surface area (Å²) in [6.07, 6.45) is 4.73. The molecule has 1 atom stereocenters. The van der Waals surface area contributed by atoms with Gasteiger partial charge in [0.05, 0.1) is 13.2 Å². The van der Waals surface area contributed by atoms with Gasteiger partial charge in [0.2, 0.25) is 0 Å².